The molecule has 0 amide bonds. The molecule has 0 N–H and O–H groups in total. The first-order valence-corrected chi connectivity index (χ1v) is 21.1. The molecule has 0 radical (unpaired) electrons. The molecule has 13 rings (SSSR count). The van der Waals surface area contributed by atoms with E-state index in [4.69, 9.17) is 0 Å². The number of hydrogen-bond acceptors (Lipinski definition) is 0. The van der Waals surface area contributed by atoms with E-state index in [-0.39, 0.29) is 5.41 Å². The van der Waals surface area contributed by atoms with Crippen molar-refractivity contribution in [3.63, 3.8) is 0 Å². The predicted molar refractivity (Wildman–Crippen MR) is 248 cm³/mol. The molecule has 2 unspecified atom stereocenters. The van der Waals surface area contributed by atoms with E-state index in [9.17, 15) is 0 Å². The van der Waals surface area contributed by atoms with Gasteiger partial charge < -0.3 is 9.13 Å². The first-order valence-electron chi connectivity index (χ1n) is 21.1. The molecular weight excluding hydrogens is 713 g/mol. The topological polar surface area (TPSA) is 9.86 Å². The summed E-state index contributed by atoms with van der Waals surface area (Å²) in [6.45, 7) is 0. The molecule has 59 heavy (non-hydrogen) atoms. The van der Waals surface area contributed by atoms with Gasteiger partial charge in [0.25, 0.3) is 0 Å². The Labute approximate surface area is 342 Å². The monoisotopic (exact) mass is 752 g/mol. The highest BCUT2D eigenvalue weighted by atomic mass is 15.0. The van der Waals surface area contributed by atoms with Crippen molar-refractivity contribution in [2.45, 2.75) is 24.7 Å². The highest BCUT2D eigenvalue weighted by Crippen LogP contribution is 2.58. The third-order valence-corrected chi connectivity index (χ3v) is 13.6. The minimum Gasteiger partial charge on any atom is -0.309 e. The number of benzene rings is 8. The van der Waals surface area contributed by atoms with Gasteiger partial charge in [-0.2, -0.15) is 0 Å². The molecule has 278 valence electrons. The van der Waals surface area contributed by atoms with Crippen LogP contribution in [-0.2, 0) is 11.8 Å². The summed E-state index contributed by atoms with van der Waals surface area (Å²) in [7, 11) is 0. The van der Waals surface area contributed by atoms with Crippen LogP contribution in [0.3, 0.4) is 0 Å². The highest BCUT2D eigenvalue weighted by molar-refractivity contribution is 6.10. The van der Waals surface area contributed by atoms with E-state index in [1.54, 1.807) is 0 Å². The van der Waals surface area contributed by atoms with E-state index in [2.05, 4.69) is 209 Å². The summed E-state index contributed by atoms with van der Waals surface area (Å²) in [6, 6.07) is 65.5. The molecule has 2 heterocycles. The molecule has 2 aromatic heterocycles. The van der Waals surface area contributed by atoms with Gasteiger partial charge in [-0.05, 0) is 112 Å². The van der Waals surface area contributed by atoms with E-state index < -0.39 is 0 Å². The molecule has 0 saturated heterocycles. The SMILES string of the molecule is C1=Cc2c(cc3ccccc3c2-c2cccc(-n3c4ccccc4c4ccc(C56C=c7c(c8ccccc8n7-c7ccccc7-c7ccccc7)=CC5C6)cc43)c2)CC1. The summed E-state index contributed by atoms with van der Waals surface area (Å²) >= 11 is 0. The number of aromatic nitrogens is 2. The number of para-hydroxylation sites is 3. The maximum atomic E-state index is 2.63. The smallest absolute Gasteiger partial charge is 0.0544 e. The second-order valence-corrected chi connectivity index (χ2v) is 16.8. The lowest BCUT2D eigenvalue weighted by Crippen LogP contribution is -2.34. The van der Waals surface area contributed by atoms with Gasteiger partial charge in [-0.15, -0.1) is 0 Å². The van der Waals surface area contributed by atoms with Crippen molar-refractivity contribution >= 4 is 61.7 Å². The number of fused-ring (bicyclic) bond motifs is 9. The fourth-order valence-corrected chi connectivity index (χ4v) is 10.8. The summed E-state index contributed by atoms with van der Waals surface area (Å²) in [6.07, 6.45) is 13.2. The molecule has 2 nitrogen and oxygen atoms in total. The lowest BCUT2D eigenvalue weighted by atomic mass is 9.86. The summed E-state index contributed by atoms with van der Waals surface area (Å²) in [5, 5.41) is 9.18. The number of allylic oxidation sites excluding steroid dienone is 1. The molecule has 2 heteroatoms. The quantitative estimate of drug-likeness (QED) is 0.166. The van der Waals surface area contributed by atoms with Crippen LogP contribution in [0, 0.1) is 5.92 Å². The first-order chi connectivity index (χ1) is 29.2. The van der Waals surface area contributed by atoms with E-state index in [1.807, 2.05) is 0 Å². The Bertz CT molecular complexity index is 3540. The Kier molecular flexibility index (Phi) is 6.92. The van der Waals surface area contributed by atoms with Crippen LogP contribution < -0.4 is 10.6 Å². The van der Waals surface area contributed by atoms with Crippen LogP contribution in [0.15, 0.2) is 182 Å². The number of aryl methyl sites for hydroxylation is 1. The van der Waals surface area contributed by atoms with Crippen LogP contribution in [0.5, 0.6) is 0 Å². The zero-order valence-corrected chi connectivity index (χ0v) is 32.6. The lowest BCUT2D eigenvalue weighted by molar-refractivity contribution is 0.869. The van der Waals surface area contributed by atoms with E-state index >= 15 is 0 Å². The summed E-state index contributed by atoms with van der Waals surface area (Å²) in [5.74, 6) is 0.447. The molecule has 10 aromatic rings. The largest absolute Gasteiger partial charge is 0.309 e. The first kappa shape index (κ1) is 32.9. The Hall–Kier alpha value is -7.16. The van der Waals surface area contributed by atoms with Crippen molar-refractivity contribution < 1.29 is 0 Å². The second-order valence-electron chi connectivity index (χ2n) is 16.8. The van der Waals surface area contributed by atoms with Crippen molar-refractivity contribution in [2.75, 3.05) is 0 Å². The fourth-order valence-electron chi connectivity index (χ4n) is 10.8. The maximum absolute atomic E-state index is 2.63. The Morgan fingerprint density at radius 1 is 0.542 bits per heavy atom. The van der Waals surface area contributed by atoms with Crippen LogP contribution in [-0.4, -0.2) is 9.13 Å². The number of nitrogens with zero attached hydrogens (tertiary/aromatic N) is 2. The zero-order valence-electron chi connectivity index (χ0n) is 32.6. The lowest BCUT2D eigenvalue weighted by Gasteiger charge is -2.20. The molecule has 1 fully saturated rings. The van der Waals surface area contributed by atoms with Crippen molar-refractivity contribution in [1.82, 2.24) is 9.13 Å². The van der Waals surface area contributed by atoms with Crippen LogP contribution in [0.1, 0.15) is 29.5 Å². The highest BCUT2D eigenvalue weighted by Gasteiger charge is 2.54. The molecule has 3 aliphatic rings. The van der Waals surface area contributed by atoms with Gasteiger partial charge in [-0.3, -0.25) is 0 Å². The molecule has 8 aromatic carbocycles. The molecule has 0 bridgehead atoms. The second kappa shape index (κ2) is 12.4. The van der Waals surface area contributed by atoms with Crippen molar-refractivity contribution in [2.24, 2.45) is 5.92 Å². The van der Waals surface area contributed by atoms with Crippen LogP contribution in [0.2, 0.25) is 0 Å². The predicted octanol–water partition coefficient (Wildman–Crippen LogP) is 12.7. The van der Waals surface area contributed by atoms with Gasteiger partial charge in [0.15, 0.2) is 0 Å². The normalized spacial score (nSPS) is 17.7. The van der Waals surface area contributed by atoms with Gasteiger partial charge >= 0.3 is 0 Å². The summed E-state index contributed by atoms with van der Waals surface area (Å²) < 4.78 is 5.05. The molecule has 3 aliphatic carbocycles. The Balaban J connectivity index is 1.02. The van der Waals surface area contributed by atoms with E-state index in [0.29, 0.717) is 5.92 Å². The van der Waals surface area contributed by atoms with Crippen molar-refractivity contribution in [3.8, 4) is 33.6 Å². The third kappa shape index (κ3) is 4.81. The fraction of sp³-hybridized carbons (Fsp3) is 0.0877. The molecular formula is C57H40N2. The number of rotatable bonds is 5. The van der Waals surface area contributed by atoms with Crippen LogP contribution >= 0.6 is 0 Å². The van der Waals surface area contributed by atoms with Gasteiger partial charge in [0.1, 0.15) is 0 Å². The minimum absolute atomic E-state index is 0.0769. The third-order valence-electron chi connectivity index (χ3n) is 13.6. The van der Waals surface area contributed by atoms with Crippen LogP contribution in [0.25, 0.3) is 95.3 Å². The van der Waals surface area contributed by atoms with Gasteiger partial charge in [-0.25, -0.2) is 0 Å². The van der Waals surface area contributed by atoms with E-state index in [1.165, 1.54) is 104 Å². The standard InChI is InChI=1S/C57H40N2/c1-2-15-37(16-3-1)44-21-8-11-26-51(44)59-53-28-13-10-25-48(53)50-33-42-35-57(42,36-55(50)59)41-29-30-49-47-24-9-12-27-52(47)58(54(49)34-41)43-20-14-19-40(32-43)56-45-22-6-4-17-38(45)31-39-18-5-7-23-46(39)56/h1-4,6-17,19-34,36,42H,5,18,35H2. The summed E-state index contributed by atoms with van der Waals surface area (Å²) in [5.41, 5.74) is 15.3. The zero-order chi connectivity index (χ0) is 38.7. The minimum atomic E-state index is -0.0769. The van der Waals surface area contributed by atoms with Crippen molar-refractivity contribution in [3.05, 3.63) is 209 Å². The maximum Gasteiger partial charge on any atom is 0.0544 e. The van der Waals surface area contributed by atoms with Crippen molar-refractivity contribution in [1.29, 1.82) is 0 Å². The number of hydrogen-bond donors (Lipinski definition) is 0. The van der Waals surface area contributed by atoms with Gasteiger partial charge in [0.05, 0.1) is 27.6 Å². The van der Waals surface area contributed by atoms with Crippen LogP contribution in [0.4, 0.5) is 0 Å². The van der Waals surface area contributed by atoms with Gasteiger partial charge in [0, 0.05) is 38.0 Å². The van der Waals surface area contributed by atoms with Gasteiger partial charge in [-0.1, -0.05) is 158 Å². The molecule has 0 spiro atoms. The average Bonchev–Trinajstić information content (AvgIpc) is 3.82. The Morgan fingerprint density at radius 3 is 2.17 bits per heavy atom. The Morgan fingerprint density at radius 2 is 1.27 bits per heavy atom. The molecule has 2 atom stereocenters. The molecule has 0 aliphatic heterocycles. The van der Waals surface area contributed by atoms with E-state index in [0.717, 1.165) is 19.3 Å². The molecule has 1 saturated carbocycles. The van der Waals surface area contributed by atoms with Gasteiger partial charge in [0.2, 0.25) is 0 Å². The summed E-state index contributed by atoms with van der Waals surface area (Å²) in [4.78, 5) is 0. The average molecular weight is 753 g/mol.